The number of nitrogens with two attached hydrogens (primary N) is 1. The van der Waals surface area contributed by atoms with Crippen LogP contribution in [0.5, 0.6) is 0 Å². The lowest BCUT2D eigenvalue weighted by atomic mass is 10.1. The van der Waals surface area contributed by atoms with E-state index in [9.17, 15) is 9.59 Å². The Balaban J connectivity index is 2.18. The molecule has 0 unspecified atom stereocenters. The van der Waals surface area contributed by atoms with Crippen LogP contribution in [0.1, 0.15) is 20.7 Å². The first-order valence-corrected chi connectivity index (χ1v) is 6.44. The van der Waals surface area contributed by atoms with Gasteiger partial charge in [-0.2, -0.15) is 0 Å². The Kier molecular flexibility index (Phi) is 4.45. The molecule has 3 N–H and O–H groups in total. The average molecular weight is 305 g/mol. The lowest BCUT2D eigenvalue weighted by Crippen LogP contribution is -2.14. The van der Waals surface area contributed by atoms with Crippen LogP contribution in [-0.2, 0) is 4.74 Å². The summed E-state index contributed by atoms with van der Waals surface area (Å²) in [4.78, 5) is 23.5. The van der Waals surface area contributed by atoms with E-state index in [0.29, 0.717) is 16.9 Å². The second-order valence-electron chi connectivity index (χ2n) is 4.23. The number of carbonyl (C=O) groups excluding carboxylic acids is 2. The van der Waals surface area contributed by atoms with Crippen molar-refractivity contribution in [2.75, 3.05) is 18.2 Å². The molecule has 0 aliphatic heterocycles. The van der Waals surface area contributed by atoms with Gasteiger partial charge < -0.3 is 15.8 Å². The Hall–Kier alpha value is -2.53. The zero-order valence-corrected chi connectivity index (χ0v) is 12.0. The summed E-state index contributed by atoms with van der Waals surface area (Å²) in [5.41, 5.74) is 7.18. The monoisotopic (exact) mass is 304 g/mol. The van der Waals surface area contributed by atoms with Crippen LogP contribution in [0.25, 0.3) is 0 Å². The van der Waals surface area contributed by atoms with Crippen molar-refractivity contribution in [3.8, 4) is 0 Å². The third-order valence-corrected chi connectivity index (χ3v) is 3.15. The summed E-state index contributed by atoms with van der Waals surface area (Å²) in [6.07, 6.45) is 0. The maximum atomic E-state index is 12.2. The number of esters is 1. The Bertz CT molecular complexity index is 664. The van der Waals surface area contributed by atoms with Crippen molar-refractivity contribution in [3.63, 3.8) is 0 Å². The molecule has 0 aliphatic carbocycles. The van der Waals surface area contributed by atoms with E-state index in [1.54, 1.807) is 42.5 Å². The number of rotatable bonds is 3. The molecule has 0 aromatic heterocycles. The van der Waals surface area contributed by atoms with Gasteiger partial charge in [0, 0.05) is 11.4 Å². The molecule has 2 aromatic carbocycles. The van der Waals surface area contributed by atoms with Crippen LogP contribution < -0.4 is 11.1 Å². The predicted molar refractivity (Wildman–Crippen MR) is 81.6 cm³/mol. The zero-order chi connectivity index (χ0) is 15.4. The van der Waals surface area contributed by atoms with Gasteiger partial charge in [0.05, 0.1) is 23.3 Å². The molecule has 0 aliphatic rings. The number of amides is 1. The fourth-order valence-electron chi connectivity index (χ4n) is 1.78. The number of benzene rings is 2. The summed E-state index contributed by atoms with van der Waals surface area (Å²) in [7, 11) is 1.30. The fraction of sp³-hybridized carbons (Fsp3) is 0.0667. The number of halogens is 1. The number of carbonyl (C=O) groups is 2. The van der Waals surface area contributed by atoms with Gasteiger partial charge in [-0.3, -0.25) is 4.79 Å². The van der Waals surface area contributed by atoms with Crippen molar-refractivity contribution in [2.24, 2.45) is 0 Å². The van der Waals surface area contributed by atoms with E-state index in [1.165, 1.54) is 7.11 Å². The molecule has 108 valence electrons. The van der Waals surface area contributed by atoms with E-state index in [0.717, 1.165) is 0 Å². The summed E-state index contributed by atoms with van der Waals surface area (Å²) in [5.74, 6) is -0.854. The van der Waals surface area contributed by atoms with Gasteiger partial charge in [0.15, 0.2) is 0 Å². The first-order valence-electron chi connectivity index (χ1n) is 6.06. The standard InChI is InChI=1S/C15H13ClN2O3/c1-21-15(20)9-5-7-10(8-6-9)18-14(19)13-11(16)3-2-4-12(13)17/h2-8H,17H2,1H3,(H,18,19). The largest absolute Gasteiger partial charge is 0.465 e. The van der Waals surface area contributed by atoms with Crippen LogP contribution in [0.4, 0.5) is 11.4 Å². The molecule has 0 bridgehead atoms. The third kappa shape index (κ3) is 3.32. The van der Waals surface area contributed by atoms with Crippen LogP contribution in [0, 0.1) is 0 Å². The fourth-order valence-corrected chi connectivity index (χ4v) is 2.05. The minimum absolute atomic E-state index is 0.219. The second-order valence-corrected chi connectivity index (χ2v) is 4.63. The molecule has 21 heavy (non-hydrogen) atoms. The summed E-state index contributed by atoms with van der Waals surface area (Å²) < 4.78 is 4.60. The molecule has 0 atom stereocenters. The topological polar surface area (TPSA) is 81.4 Å². The van der Waals surface area contributed by atoms with Gasteiger partial charge in [0.25, 0.3) is 5.91 Å². The van der Waals surface area contributed by atoms with Crippen molar-refractivity contribution >= 4 is 34.9 Å². The number of nitrogen functional groups attached to an aromatic ring is 1. The normalized spacial score (nSPS) is 10.0. The van der Waals surface area contributed by atoms with E-state index >= 15 is 0 Å². The van der Waals surface area contributed by atoms with Gasteiger partial charge in [-0.25, -0.2) is 4.79 Å². The molecule has 2 aromatic rings. The Morgan fingerprint density at radius 3 is 2.38 bits per heavy atom. The highest BCUT2D eigenvalue weighted by Crippen LogP contribution is 2.23. The summed E-state index contributed by atoms with van der Waals surface area (Å²) >= 11 is 5.97. The third-order valence-electron chi connectivity index (χ3n) is 2.84. The van der Waals surface area contributed by atoms with Crippen molar-refractivity contribution < 1.29 is 14.3 Å². The Morgan fingerprint density at radius 1 is 1.14 bits per heavy atom. The van der Waals surface area contributed by atoms with Crippen LogP contribution in [0.15, 0.2) is 42.5 Å². The molecule has 2 rings (SSSR count). The summed E-state index contributed by atoms with van der Waals surface area (Å²) in [6, 6.07) is 11.1. The summed E-state index contributed by atoms with van der Waals surface area (Å²) in [6.45, 7) is 0. The van der Waals surface area contributed by atoms with E-state index in [-0.39, 0.29) is 10.6 Å². The number of nitrogens with one attached hydrogen (secondary N) is 1. The molecule has 0 saturated carbocycles. The first-order chi connectivity index (χ1) is 10.0. The maximum Gasteiger partial charge on any atom is 0.337 e. The van der Waals surface area contributed by atoms with Gasteiger partial charge in [-0.1, -0.05) is 17.7 Å². The average Bonchev–Trinajstić information content (AvgIpc) is 2.47. The van der Waals surface area contributed by atoms with Crippen LogP contribution >= 0.6 is 11.6 Å². The second kappa shape index (κ2) is 6.28. The number of ether oxygens (including phenoxy) is 1. The van der Waals surface area contributed by atoms with Crippen LogP contribution in [-0.4, -0.2) is 19.0 Å². The first kappa shape index (κ1) is 14.9. The van der Waals surface area contributed by atoms with Gasteiger partial charge in [-0.15, -0.1) is 0 Å². The molecule has 5 nitrogen and oxygen atoms in total. The van der Waals surface area contributed by atoms with Crippen molar-refractivity contribution in [3.05, 3.63) is 58.6 Å². The van der Waals surface area contributed by atoms with Gasteiger partial charge in [0.2, 0.25) is 0 Å². The quantitative estimate of drug-likeness (QED) is 0.674. The number of hydrogen-bond acceptors (Lipinski definition) is 4. The molecule has 0 saturated heterocycles. The lowest BCUT2D eigenvalue weighted by Gasteiger charge is -2.09. The predicted octanol–water partition coefficient (Wildman–Crippen LogP) is 2.96. The highest BCUT2D eigenvalue weighted by atomic mass is 35.5. The molecular formula is C15H13ClN2O3. The molecule has 0 spiro atoms. The maximum absolute atomic E-state index is 12.2. The molecular weight excluding hydrogens is 292 g/mol. The number of hydrogen-bond donors (Lipinski definition) is 2. The molecule has 1 amide bonds. The highest BCUT2D eigenvalue weighted by molar-refractivity contribution is 6.35. The van der Waals surface area contributed by atoms with E-state index in [4.69, 9.17) is 17.3 Å². The molecule has 6 heteroatoms. The van der Waals surface area contributed by atoms with Crippen LogP contribution in [0.3, 0.4) is 0 Å². The van der Waals surface area contributed by atoms with Crippen molar-refractivity contribution in [2.45, 2.75) is 0 Å². The van der Waals surface area contributed by atoms with Gasteiger partial charge in [0.1, 0.15) is 0 Å². The molecule has 0 heterocycles. The van der Waals surface area contributed by atoms with Crippen LogP contribution in [0.2, 0.25) is 5.02 Å². The number of anilines is 2. The van der Waals surface area contributed by atoms with Crippen molar-refractivity contribution in [1.29, 1.82) is 0 Å². The zero-order valence-electron chi connectivity index (χ0n) is 11.2. The minimum atomic E-state index is -0.441. The van der Waals surface area contributed by atoms with Gasteiger partial charge in [-0.05, 0) is 36.4 Å². The number of methoxy groups -OCH3 is 1. The SMILES string of the molecule is COC(=O)c1ccc(NC(=O)c2c(N)cccc2Cl)cc1. The molecule has 0 radical (unpaired) electrons. The Labute approximate surface area is 126 Å². The van der Waals surface area contributed by atoms with E-state index in [2.05, 4.69) is 10.1 Å². The lowest BCUT2D eigenvalue weighted by molar-refractivity contribution is 0.0600. The minimum Gasteiger partial charge on any atom is -0.465 e. The van der Waals surface area contributed by atoms with Crippen molar-refractivity contribution in [1.82, 2.24) is 0 Å². The van der Waals surface area contributed by atoms with E-state index < -0.39 is 11.9 Å². The highest BCUT2D eigenvalue weighted by Gasteiger charge is 2.14. The summed E-state index contributed by atoms with van der Waals surface area (Å²) in [5, 5.41) is 2.95. The van der Waals surface area contributed by atoms with E-state index in [1.807, 2.05) is 0 Å². The smallest absolute Gasteiger partial charge is 0.337 e. The van der Waals surface area contributed by atoms with Gasteiger partial charge >= 0.3 is 5.97 Å². The Morgan fingerprint density at radius 2 is 1.81 bits per heavy atom. The molecule has 0 fully saturated rings.